The van der Waals surface area contributed by atoms with E-state index in [4.69, 9.17) is 0 Å². The Morgan fingerprint density at radius 3 is 2.38 bits per heavy atom. The molecule has 2 aliphatic heterocycles. The fourth-order valence-electron chi connectivity index (χ4n) is 7.16. The Hall–Kier alpha value is -1.92. The van der Waals surface area contributed by atoms with Gasteiger partial charge in [0.25, 0.3) is 0 Å². The SMILES string of the molecule is CC[C@H](NC)C(=O)N[C@H](C(=O)N1CC[C@H]2CN(C3Cc4ccccc4C3)C[C@H]21)C1CCCCC1. The van der Waals surface area contributed by atoms with Crippen molar-refractivity contribution in [1.82, 2.24) is 20.4 Å². The topological polar surface area (TPSA) is 64.7 Å². The van der Waals surface area contributed by atoms with Crippen molar-refractivity contribution in [3.05, 3.63) is 35.4 Å². The Morgan fingerprint density at radius 2 is 1.74 bits per heavy atom. The summed E-state index contributed by atoms with van der Waals surface area (Å²) in [7, 11) is 1.82. The highest BCUT2D eigenvalue weighted by molar-refractivity contribution is 5.90. The van der Waals surface area contributed by atoms with Crippen LogP contribution < -0.4 is 10.6 Å². The molecular weight excluding hydrogens is 424 g/mol. The molecule has 1 aromatic carbocycles. The molecule has 186 valence electrons. The van der Waals surface area contributed by atoms with Gasteiger partial charge in [-0.05, 0) is 68.5 Å². The molecule has 0 spiro atoms. The molecule has 34 heavy (non-hydrogen) atoms. The number of fused-ring (bicyclic) bond motifs is 2. The van der Waals surface area contributed by atoms with Crippen molar-refractivity contribution >= 4 is 11.8 Å². The number of nitrogens with one attached hydrogen (secondary N) is 2. The minimum absolute atomic E-state index is 0.0264. The van der Waals surface area contributed by atoms with Gasteiger partial charge in [-0.2, -0.15) is 0 Å². The highest BCUT2D eigenvalue weighted by Crippen LogP contribution is 2.37. The smallest absolute Gasteiger partial charge is 0.245 e. The van der Waals surface area contributed by atoms with Gasteiger partial charge in [0.1, 0.15) is 6.04 Å². The van der Waals surface area contributed by atoms with E-state index in [2.05, 4.69) is 44.7 Å². The van der Waals surface area contributed by atoms with E-state index in [-0.39, 0.29) is 29.8 Å². The van der Waals surface area contributed by atoms with Crippen LogP contribution in [0.1, 0.15) is 63.0 Å². The van der Waals surface area contributed by atoms with Crippen molar-refractivity contribution in [2.24, 2.45) is 11.8 Å². The third-order valence-corrected chi connectivity index (χ3v) is 9.16. The molecule has 1 aromatic rings. The Labute approximate surface area is 204 Å². The summed E-state index contributed by atoms with van der Waals surface area (Å²) in [6.45, 7) is 4.94. The molecule has 4 aliphatic rings. The predicted octanol–water partition coefficient (Wildman–Crippen LogP) is 2.75. The van der Waals surface area contributed by atoms with Gasteiger partial charge in [0, 0.05) is 31.7 Å². The Bertz CT molecular complexity index is 854. The second kappa shape index (κ2) is 10.4. The van der Waals surface area contributed by atoms with E-state index in [0.717, 1.165) is 71.0 Å². The monoisotopic (exact) mass is 466 g/mol. The van der Waals surface area contributed by atoms with Gasteiger partial charge in [-0.1, -0.05) is 50.5 Å². The van der Waals surface area contributed by atoms with Crippen molar-refractivity contribution in [1.29, 1.82) is 0 Å². The van der Waals surface area contributed by atoms with E-state index in [1.54, 1.807) is 0 Å². The molecule has 4 atom stereocenters. The number of amides is 2. The van der Waals surface area contributed by atoms with Gasteiger partial charge in [-0.3, -0.25) is 14.5 Å². The number of likely N-dealkylation sites (N-methyl/N-ethyl adjacent to an activating group) is 1. The maximum Gasteiger partial charge on any atom is 0.245 e. The van der Waals surface area contributed by atoms with Gasteiger partial charge in [0.2, 0.25) is 11.8 Å². The molecule has 0 unspecified atom stereocenters. The molecule has 2 saturated heterocycles. The highest BCUT2D eigenvalue weighted by Gasteiger charge is 2.48. The van der Waals surface area contributed by atoms with Crippen molar-refractivity contribution in [2.75, 3.05) is 26.7 Å². The molecule has 5 rings (SSSR count). The van der Waals surface area contributed by atoms with Crippen LogP contribution >= 0.6 is 0 Å². The largest absolute Gasteiger partial charge is 0.343 e. The first-order valence-corrected chi connectivity index (χ1v) is 13.7. The lowest BCUT2D eigenvalue weighted by molar-refractivity contribution is -0.139. The fourth-order valence-corrected chi connectivity index (χ4v) is 7.16. The molecule has 0 aromatic heterocycles. The molecule has 2 heterocycles. The third-order valence-electron chi connectivity index (χ3n) is 9.16. The zero-order valence-corrected chi connectivity index (χ0v) is 21.0. The Kier molecular flexibility index (Phi) is 7.26. The molecule has 6 nitrogen and oxygen atoms in total. The maximum atomic E-state index is 14.0. The maximum absolute atomic E-state index is 14.0. The first kappa shape index (κ1) is 23.8. The summed E-state index contributed by atoms with van der Waals surface area (Å²) in [5, 5.41) is 6.32. The summed E-state index contributed by atoms with van der Waals surface area (Å²) < 4.78 is 0. The fraction of sp³-hybridized carbons (Fsp3) is 0.714. The highest BCUT2D eigenvalue weighted by atomic mass is 16.2. The summed E-state index contributed by atoms with van der Waals surface area (Å²) in [5.74, 6) is 0.980. The first-order valence-electron chi connectivity index (χ1n) is 13.7. The lowest BCUT2D eigenvalue weighted by Crippen LogP contribution is -2.57. The number of hydrogen-bond acceptors (Lipinski definition) is 4. The van der Waals surface area contributed by atoms with E-state index in [0.29, 0.717) is 18.0 Å². The quantitative estimate of drug-likeness (QED) is 0.649. The van der Waals surface area contributed by atoms with E-state index < -0.39 is 0 Å². The number of likely N-dealkylation sites (tertiary alicyclic amines) is 2. The Morgan fingerprint density at radius 1 is 1.03 bits per heavy atom. The van der Waals surface area contributed by atoms with Gasteiger partial charge in [-0.25, -0.2) is 0 Å². The number of hydrogen-bond donors (Lipinski definition) is 2. The molecule has 0 radical (unpaired) electrons. The zero-order valence-electron chi connectivity index (χ0n) is 21.0. The lowest BCUT2D eigenvalue weighted by Gasteiger charge is -2.36. The predicted molar refractivity (Wildman–Crippen MR) is 134 cm³/mol. The number of benzene rings is 1. The number of carbonyl (C=O) groups excluding carboxylic acids is 2. The van der Waals surface area contributed by atoms with Crippen molar-refractivity contribution in [3.63, 3.8) is 0 Å². The number of rotatable bonds is 7. The van der Waals surface area contributed by atoms with Crippen LogP contribution in [0.4, 0.5) is 0 Å². The minimum atomic E-state index is -0.376. The third kappa shape index (κ3) is 4.64. The molecule has 0 bridgehead atoms. The van der Waals surface area contributed by atoms with Gasteiger partial charge in [-0.15, -0.1) is 0 Å². The summed E-state index contributed by atoms with van der Waals surface area (Å²) >= 11 is 0. The normalized spacial score (nSPS) is 27.4. The first-order chi connectivity index (χ1) is 16.6. The van der Waals surface area contributed by atoms with E-state index in [9.17, 15) is 9.59 Å². The van der Waals surface area contributed by atoms with E-state index in [1.807, 2.05) is 14.0 Å². The summed E-state index contributed by atoms with van der Waals surface area (Å²) in [4.78, 5) is 31.8. The van der Waals surface area contributed by atoms with Crippen LogP contribution in [0.2, 0.25) is 0 Å². The van der Waals surface area contributed by atoms with Crippen LogP contribution in [-0.4, -0.2) is 72.5 Å². The second-order valence-electron chi connectivity index (χ2n) is 11.1. The van der Waals surface area contributed by atoms with Crippen molar-refractivity contribution < 1.29 is 9.59 Å². The van der Waals surface area contributed by atoms with Gasteiger partial charge in [0.05, 0.1) is 6.04 Å². The molecule has 6 heteroatoms. The summed E-state index contributed by atoms with van der Waals surface area (Å²) in [6, 6.07) is 9.09. The van der Waals surface area contributed by atoms with Crippen LogP contribution in [0, 0.1) is 11.8 Å². The molecule has 2 aliphatic carbocycles. The number of nitrogens with zero attached hydrogens (tertiary/aromatic N) is 2. The van der Waals surface area contributed by atoms with E-state index >= 15 is 0 Å². The van der Waals surface area contributed by atoms with Gasteiger partial charge < -0.3 is 15.5 Å². The minimum Gasteiger partial charge on any atom is -0.343 e. The van der Waals surface area contributed by atoms with Crippen molar-refractivity contribution in [3.8, 4) is 0 Å². The Balaban J connectivity index is 1.27. The average molecular weight is 467 g/mol. The van der Waals surface area contributed by atoms with Crippen LogP contribution in [0.5, 0.6) is 0 Å². The van der Waals surface area contributed by atoms with E-state index in [1.165, 1.54) is 17.5 Å². The molecule has 3 fully saturated rings. The van der Waals surface area contributed by atoms with Crippen LogP contribution in [0.25, 0.3) is 0 Å². The molecular formula is C28H42N4O2. The lowest BCUT2D eigenvalue weighted by atomic mass is 9.83. The van der Waals surface area contributed by atoms with Crippen LogP contribution in [0.3, 0.4) is 0 Å². The summed E-state index contributed by atoms with van der Waals surface area (Å²) in [5.41, 5.74) is 2.99. The van der Waals surface area contributed by atoms with Crippen LogP contribution in [0.15, 0.2) is 24.3 Å². The molecule has 1 saturated carbocycles. The van der Waals surface area contributed by atoms with Gasteiger partial charge >= 0.3 is 0 Å². The standard InChI is InChI=1S/C28H42N4O2/c1-3-24(29-2)27(33)30-26(19-9-5-4-6-10-19)28(34)32-14-13-22-17-31(18-25(22)32)23-15-20-11-7-8-12-21(20)16-23/h7-8,11-12,19,22-26,29H,3-6,9-10,13-18H2,1-2H3,(H,30,33)/t22-,24-,25+,26-/m0/s1. The zero-order chi connectivity index (χ0) is 23.7. The van der Waals surface area contributed by atoms with Crippen molar-refractivity contribution in [2.45, 2.75) is 88.9 Å². The summed E-state index contributed by atoms with van der Waals surface area (Å²) in [6.07, 6.45) is 9.73. The average Bonchev–Trinajstić information content (AvgIpc) is 3.57. The number of carbonyl (C=O) groups is 2. The van der Waals surface area contributed by atoms with Crippen LogP contribution in [-0.2, 0) is 22.4 Å². The second-order valence-corrected chi connectivity index (χ2v) is 11.1. The molecule has 2 amide bonds. The van der Waals surface area contributed by atoms with Gasteiger partial charge in [0.15, 0.2) is 0 Å². The molecule has 2 N–H and O–H groups in total.